The molecule has 1 heterocycles. The minimum atomic E-state index is -4.10. The molecule has 0 saturated carbocycles. The van der Waals surface area contributed by atoms with Crippen molar-refractivity contribution >= 4 is 15.7 Å². The third kappa shape index (κ3) is 2.97. The first kappa shape index (κ1) is 14.1. The summed E-state index contributed by atoms with van der Waals surface area (Å²) in [7, 11) is -4.10. The number of nitrogens with zero attached hydrogens (tertiary/aromatic N) is 2. The number of hydrogen-bond acceptors (Lipinski definition) is 5. The second-order valence-corrected chi connectivity index (χ2v) is 5.54. The zero-order valence-electron chi connectivity index (χ0n) is 9.91. The number of halogens is 1. The van der Waals surface area contributed by atoms with Gasteiger partial charge in [-0.25, -0.2) is 17.5 Å². The third-order valence-corrected chi connectivity index (χ3v) is 3.87. The van der Waals surface area contributed by atoms with Crippen LogP contribution in [0.15, 0.2) is 35.5 Å². The lowest BCUT2D eigenvalue weighted by molar-refractivity contribution is -0.385. The summed E-state index contributed by atoms with van der Waals surface area (Å²) in [4.78, 5) is 9.00. The minimum absolute atomic E-state index is 0.0741. The van der Waals surface area contributed by atoms with Crippen LogP contribution in [-0.2, 0) is 16.6 Å². The highest BCUT2D eigenvalue weighted by molar-refractivity contribution is 7.89. The van der Waals surface area contributed by atoms with Crippen LogP contribution in [0.4, 0.5) is 10.1 Å². The number of benzene rings is 1. The van der Waals surface area contributed by atoms with Crippen LogP contribution in [0.5, 0.6) is 0 Å². The molecular formula is C10H9FN4O4S. The molecule has 2 aromatic rings. The van der Waals surface area contributed by atoms with E-state index in [1.807, 2.05) is 0 Å². The quantitative estimate of drug-likeness (QED) is 0.629. The Bertz CT molecular complexity index is 730. The maximum Gasteiger partial charge on any atom is 0.272 e. The molecule has 0 spiro atoms. The first-order valence-electron chi connectivity index (χ1n) is 5.31. The standard InChI is InChI=1S/C10H9FN4O4S/c11-9-3-8(15(16)17)1-2-10(9)20(18,19)14-6-7-4-12-13-5-7/h1-5,14H,6H2,(H,12,13). The summed E-state index contributed by atoms with van der Waals surface area (Å²) < 4.78 is 39.6. The maximum atomic E-state index is 13.6. The summed E-state index contributed by atoms with van der Waals surface area (Å²) in [6.07, 6.45) is 2.89. The van der Waals surface area contributed by atoms with Crippen LogP contribution in [0, 0.1) is 15.9 Å². The second-order valence-electron chi connectivity index (χ2n) is 3.80. The third-order valence-electron chi connectivity index (χ3n) is 2.44. The van der Waals surface area contributed by atoms with Gasteiger partial charge in [0.25, 0.3) is 5.69 Å². The van der Waals surface area contributed by atoms with E-state index in [0.717, 1.165) is 12.1 Å². The summed E-state index contributed by atoms with van der Waals surface area (Å²) in [5.74, 6) is -1.18. The van der Waals surface area contributed by atoms with Gasteiger partial charge in [-0.05, 0) is 6.07 Å². The number of rotatable bonds is 5. The fraction of sp³-hybridized carbons (Fsp3) is 0.100. The average Bonchev–Trinajstić information content (AvgIpc) is 2.89. The van der Waals surface area contributed by atoms with Gasteiger partial charge in [-0.15, -0.1) is 0 Å². The number of H-pyrrole nitrogens is 1. The molecule has 1 aromatic carbocycles. The van der Waals surface area contributed by atoms with Gasteiger partial charge in [0.15, 0.2) is 0 Å². The normalized spacial score (nSPS) is 11.4. The molecule has 0 saturated heterocycles. The molecule has 8 nitrogen and oxygen atoms in total. The monoisotopic (exact) mass is 300 g/mol. The first-order valence-corrected chi connectivity index (χ1v) is 6.80. The number of aromatic nitrogens is 2. The van der Waals surface area contributed by atoms with E-state index in [2.05, 4.69) is 14.9 Å². The van der Waals surface area contributed by atoms with E-state index in [-0.39, 0.29) is 6.54 Å². The molecule has 1 aromatic heterocycles. The van der Waals surface area contributed by atoms with Gasteiger partial charge in [0, 0.05) is 24.4 Å². The number of aromatic amines is 1. The van der Waals surface area contributed by atoms with Gasteiger partial charge in [-0.1, -0.05) is 0 Å². The van der Waals surface area contributed by atoms with Crippen molar-refractivity contribution in [2.75, 3.05) is 0 Å². The molecule has 10 heteroatoms. The predicted molar refractivity (Wildman–Crippen MR) is 65.7 cm³/mol. The summed E-state index contributed by atoms with van der Waals surface area (Å²) >= 11 is 0. The van der Waals surface area contributed by atoms with Crippen LogP contribution in [0.2, 0.25) is 0 Å². The number of nitrogens with one attached hydrogen (secondary N) is 2. The largest absolute Gasteiger partial charge is 0.285 e. The van der Waals surface area contributed by atoms with E-state index in [1.54, 1.807) is 0 Å². The fourth-order valence-electron chi connectivity index (χ4n) is 1.45. The lowest BCUT2D eigenvalue weighted by Gasteiger charge is -2.06. The van der Waals surface area contributed by atoms with Gasteiger partial charge < -0.3 is 0 Å². The van der Waals surface area contributed by atoms with Gasteiger partial charge >= 0.3 is 0 Å². The summed E-state index contributed by atoms with van der Waals surface area (Å²) in [5.41, 5.74) is 0.0483. The molecule has 0 bridgehead atoms. The Labute approximate surface area is 112 Å². The summed E-state index contributed by atoms with van der Waals surface area (Å²) in [5, 5.41) is 16.6. The number of nitro groups is 1. The number of nitro benzene ring substituents is 1. The van der Waals surface area contributed by atoms with Crippen LogP contribution in [0.25, 0.3) is 0 Å². The highest BCUT2D eigenvalue weighted by atomic mass is 32.2. The van der Waals surface area contributed by atoms with Crippen LogP contribution in [-0.4, -0.2) is 23.5 Å². The molecule has 0 fully saturated rings. The zero-order chi connectivity index (χ0) is 14.8. The van der Waals surface area contributed by atoms with E-state index in [4.69, 9.17) is 0 Å². The van der Waals surface area contributed by atoms with Crippen molar-refractivity contribution in [2.24, 2.45) is 0 Å². The van der Waals surface area contributed by atoms with Crippen molar-refractivity contribution in [3.05, 3.63) is 52.1 Å². The molecule has 0 radical (unpaired) electrons. The topological polar surface area (TPSA) is 118 Å². The Kier molecular flexibility index (Phi) is 3.77. The smallest absolute Gasteiger partial charge is 0.272 e. The first-order chi connectivity index (χ1) is 9.40. The predicted octanol–water partition coefficient (Wildman–Crippen LogP) is 0.935. The van der Waals surface area contributed by atoms with Crippen molar-refractivity contribution in [2.45, 2.75) is 11.4 Å². The molecule has 0 aliphatic carbocycles. The Morgan fingerprint density at radius 1 is 1.45 bits per heavy atom. The molecule has 0 aliphatic heterocycles. The molecule has 0 amide bonds. The van der Waals surface area contributed by atoms with E-state index in [0.29, 0.717) is 11.6 Å². The van der Waals surface area contributed by atoms with Gasteiger partial charge in [-0.3, -0.25) is 15.2 Å². The van der Waals surface area contributed by atoms with Crippen LogP contribution >= 0.6 is 0 Å². The van der Waals surface area contributed by atoms with E-state index < -0.39 is 31.3 Å². The number of sulfonamides is 1. The molecule has 2 rings (SSSR count). The lowest BCUT2D eigenvalue weighted by atomic mass is 10.3. The van der Waals surface area contributed by atoms with Gasteiger partial charge in [0.05, 0.1) is 17.2 Å². The van der Waals surface area contributed by atoms with E-state index in [1.165, 1.54) is 12.4 Å². The SMILES string of the molecule is O=[N+]([O-])c1ccc(S(=O)(=O)NCc2cn[nH]c2)c(F)c1. The summed E-state index contributed by atoms with van der Waals surface area (Å²) in [6, 6.07) is 2.34. The van der Waals surface area contributed by atoms with Gasteiger partial charge in [-0.2, -0.15) is 5.10 Å². The fourth-order valence-corrected chi connectivity index (χ4v) is 2.53. The molecule has 106 valence electrons. The molecule has 20 heavy (non-hydrogen) atoms. The van der Waals surface area contributed by atoms with Crippen molar-refractivity contribution in [3.8, 4) is 0 Å². The maximum absolute atomic E-state index is 13.6. The Morgan fingerprint density at radius 3 is 2.75 bits per heavy atom. The van der Waals surface area contributed by atoms with Crippen LogP contribution < -0.4 is 4.72 Å². The minimum Gasteiger partial charge on any atom is -0.285 e. The van der Waals surface area contributed by atoms with Crippen LogP contribution in [0.3, 0.4) is 0 Å². The Morgan fingerprint density at radius 2 is 2.20 bits per heavy atom. The molecule has 2 N–H and O–H groups in total. The second kappa shape index (κ2) is 5.35. The van der Waals surface area contributed by atoms with Crippen molar-refractivity contribution in [3.63, 3.8) is 0 Å². The Hall–Kier alpha value is -2.33. The van der Waals surface area contributed by atoms with Crippen LogP contribution in [0.1, 0.15) is 5.56 Å². The highest BCUT2D eigenvalue weighted by Gasteiger charge is 2.21. The number of non-ortho nitro benzene ring substituents is 1. The highest BCUT2D eigenvalue weighted by Crippen LogP contribution is 2.20. The van der Waals surface area contributed by atoms with E-state index >= 15 is 0 Å². The van der Waals surface area contributed by atoms with Gasteiger partial charge in [0.2, 0.25) is 10.0 Å². The molecule has 0 aliphatic rings. The van der Waals surface area contributed by atoms with Crippen molar-refractivity contribution < 1.29 is 17.7 Å². The van der Waals surface area contributed by atoms with Gasteiger partial charge in [0.1, 0.15) is 10.7 Å². The van der Waals surface area contributed by atoms with E-state index in [9.17, 15) is 22.9 Å². The summed E-state index contributed by atoms with van der Waals surface area (Å²) in [6.45, 7) is -0.0741. The Balaban J connectivity index is 2.23. The number of hydrogen-bond donors (Lipinski definition) is 2. The molecule has 0 atom stereocenters. The zero-order valence-corrected chi connectivity index (χ0v) is 10.7. The van der Waals surface area contributed by atoms with Crippen molar-refractivity contribution in [1.29, 1.82) is 0 Å². The van der Waals surface area contributed by atoms with Crippen molar-refractivity contribution in [1.82, 2.24) is 14.9 Å². The molecular weight excluding hydrogens is 291 g/mol. The molecule has 0 unspecified atom stereocenters. The lowest BCUT2D eigenvalue weighted by Crippen LogP contribution is -2.24. The average molecular weight is 300 g/mol.